The summed E-state index contributed by atoms with van der Waals surface area (Å²) in [6.45, 7) is 2.31. The Kier molecular flexibility index (Phi) is 7.56. The maximum absolute atomic E-state index is 14.0. The largest absolute Gasteiger partial charge is 0.506 e. The molecule has 0 aromatic heterocycles. The predicted molar refractivity (Wildman–Crippen MR) is 85.2 cm³/mol. The molecule has 0 radical (unpaired) electrons. The van der Waals surface area contributed by atoms with E-state index in [0.717, 1.165) is 0 Å². The SMILES string of the molecule is CCOC(=O)C(C=N[C@@H](C)CO)=C(O)c1c(F)c(F)c(Br)c(F)c1F. The van der Waals surface area contributed by atoms with Gasteiger partial charge in [-0.2, -0.15) is 0 Å². The molecule has 25 heavy (non-hydrogen) atoms. The van der Waals surface area contributed by atoms with Crippen molar-refractivity contribution >= 4 is 33.9 Å². The van der Waals surface area contributed by atoms with Gasteiger partial charge in [0.2, 0.25) is 0 Å². The highest BCUT2D eigenvalue weighted by molar-refractivity contribution is 9.10. The first-order valence-electron chi connectivity index (χ1n) is 6.93. The van der Waals surface area contributed by atoms with Crippen LogP contribution in [0.1, 0.15) is 19.4 Å². The normalized spacial score (nSPS) is 13.8. The van der Waals surface area contributed by atoms with Crippen molar-refractivity contribution in [3.05, 3.63) is 38.9 Å². The molecule has 5 nitrogen and oxygen atoms in total. The van der Waals surface area contributed by atoms with Crippen LogP contribution in [0, 0.1) is 23.3 Å². The first-order valence-corrected chi connectivity index (χ1v) is 7.72. The maximum atomic E-state index is 14.0. The third kappa shape index (κ3) is 4.57. The van der Waals surface area contributed by atoms with E-state index in [0.29, 0.717) is 6.21 Å². The number of rotatable bonds is 6. The summed E-state index contributed by atoms with van der Waals surface area (Å²) in [6.07, 6.45) is 0.699. The Bertz CT molecular complexity index is 708. The lowest BCUT2D eigenvalue weighted by Gasteiger charge is -2.11. The molecule has 0 saturated heterocycles. The van der Waals surface area contributed by atoms with Crippen molar-refractivity contribution in [2.75, 3.05) is 13.2 Å². The van der Waals surface area contributed by atoms with Crippen molar-refractivity contribution < 1.29 is 37.3 Å². The van der Waals surface area contributed by atoms with Crippen LogP contribution >= 0.6 is 15.9 Å². The fraction of sp³-hybridized carbons (Fsp3) is 0.333. The highest BCUT2D eigenvalue weighted by atomic mass is 79.9. The molecule has 138 valence electrons. The zero-order valence-electron chi connectivity index (χ0n) is 13.1. The molecule has 1 rings (SSSR count). The lowest BCUT2D eigenvalue weighted by Crippen LogP contribution is -2.15. The molecule has 0 saturated carbocycles. The number of nitrogens with zero attached hydrogens (tertiary/aromatic N) is 1. The molecule has 0 unspecified atom stereocenters. The van der Waals surface area contributed by atoms with Crippen molar-refractivity contribution in [2.24, 2.45) is 4.99 Å². The highest BCUT2D eigenvalue weighted by Gasteiger charge is 2.29. The molecule has 0 aliphatic heterocycles. The van der Waals surface area contributed by atoms with Gasteiger partial charge in [-0.1, -0.05) is 0 Å². The Labute approximate surface area is 148 Å². The Balaban J connectivity index is 3.67. The standard InChI is InChI=1S/C15H14BrF4NO4/c1-3-25-15(24)7(4-21-6(2)5-22)14(23)8-10(17)12(19)9(16)13(20)11(8)18/h4,6,22-23H,3,5H2,1-2H3/t6-/m0/s1. The summed E-state index contributed by atoms with van der Waals surface area (Å²) in [6, 6.07) is -0.717. The number of carbonyl (C=O) groups is 1. The fourth-order valence-corrected chi connectivity index (χ4v) is 1.96. The van der Waals surface area contributed by atoms with Crippen molar-refractivity contribution in [3.63, 3.8) is 0 Å². The molecule has 10 heteroatoms. The lowest BCUT2D eigenvalue weighted by molar-refractivity contribution is -0.137. The van der Waals surface area contributed by atoms with E-state index in [1.807, 2.05) is 0 Å². The minimum atomic E-state index is -1.91. The van der Waals surface area contributed by atoms with E-state index in [1.165, 1.54) is 13.8 Å². The molecule has 1 atom stereocenters. The van der Waals surface area contributed by atoms with E-state index in [9.17, 15) is 27.5 Å². The molecule has 0 heterocycles. The van der Waals surface area contributed by atoms with Crippen LogP contribution in [0.4, 0.5) is 17.6 Å². The summed E-state index contributed by atoms with van der Waals surface area (Å²) in [4.78, 5) is 15.6. The van der Waals surface area contributed by atoms with Gasteiger partial charge in [0, 0.05) is 6.21 Å². The van der Waals surface area contributed by atoms with E-state index in [4.69, 9.17) is 5.11 Å². The van der Waals surface area contributed by atoms with Gasteiger partial charge in [0.25, 0.3) is 0 Å². The second-order valence-corrected chi connectivity index (χ2v) is 5.53. The monoisotopic (exact) mass is 427 g/mol. The summed E-state index contributed by atoms with van der Waals surface area (Å²) in [7, 11) is 0. The molecule has 0 fully saturated rings. The van der Waals surface area contributed by atoms with E-state index in [-0.39, 0.29) is 6.61 Å². The number of carbonyl (C=O) groups excluding carboxylic acids is 1. The smallest absolute Gasteiger partial charge is 0.343 e. The van der Waals surface area contributed by atoms with Crippen LogP contribution < -0.4 is 0 Å². The number of aliphatic imine (C=N–C) groups is 1. The number of benzene rings is 1. The van der Waals surface area contributed by atoms with Gasteiger partial charge in [-0.15, -0.1) is 0 Å². The van der Waals surface area contributed by atoms with Gasteiger partial charge >= 0.3 is 5.97 Å². The Morgan fingerprint density at radius 2 is 1.76 bits per heavy atom. The molecule has 0 amide bonds. The van der Waals surface area contributed by atoms with Gasteiger partial charge in [-0.3, -0.25) is 4.99 Å². The molecule has 0 aliphatic rings. The van der Waals surface area contributed by atoms with Crippen molar-refractivity contribution in [3.8, 4) is 0 Å². The average molecular weight is 428 g/mol. The second kappa shape index (κ2) is 8.95. The molecule has 1 aromatic carbocycles. The third-order valence-electron chi connectivity index (χ3n) is 2.92. The molecular weight excluding hydrogens is 414 g/mol. The van der Waals surface area contributed by atoms with Crippen LogP contribution in [0.3, 0.4) is 0 Å². The molecule has 0 aliphatic carbocycles. The van der Waals surface area contributed by atoms with Gasteiger partial charge in [-0.05, 0) is 29.8 Å². The first kappa shape index (κ1) is 21.1. The van der Waals surface area contributed by atoms with E-state index in [2.05, 4.69) is 25.7 Å². The number of halogens is 5. The Morgan fingerprint density at radius 1 is 1.24 bits per heavy atom. The number of hydrogen-bond donors (Lipinski definition) is 2. The molecule has 0 spiro atoms. The number of aliphatic hydroxyl groups excluding tert-OH is 2. The second-order valence-electron chi connectivity index (χ2n) is 4.74. The summed E-state index contributed by atoms with van der Waals surface area (Å²) < 4.78 is 58.8. The number of esters is 1. The minimum Gasteiger partial charge on any atom is -0.506 e. The van der Waals surface area contributed by atoms with Crippen molar-refractivity contribution in [2.45, 2.75) is 19.9 Å². The van der Waals surface area contributed by atoms with Gasteiger partial charge in [0.1, 0.15) is 11.3 Å². The van der Waals surface area contributed by atoms with Gasteiger partial charge in [0.15, 0.2) is 23.3 Å². The van der Waals surface area contributed by atoms with Crippen LogP contribution in [0.15, 0.2) is 15.0 Å². The van der Waals surface area contributed by atoms with Gasteiger partial charge in [-0.25, -0.2) is 22.4 Å². The zero-order chi connectivity index (χ0) is 19.3. The fourth-order valence-electron chi connectivity index (χ4n) is 1.62. The van der Waals surface area contributed by atoms with E-state index in [1.54, 1.807) is 0 Å². The Morgan fingerprint density at radius 3 is 2.20 bits per heavy atom. The third-order valence-corrected chi connectivity index (χ3v) is 3.62. The van der Waals surface area contributed by atoms with Crippen LogP contribution in [0.25, 0.3) is 5.76 Å². The summed E-state index contributed by atoms with van der Waals surface area (Å²) in [5, 5.41) is 19.0. The molecule has 1 aromatic rings. The minimum absolute atomic E-state index is 0.146. The maximum Gasteiger partial charge on any atom is 0.343 e. The summed E-state index contributed by atoms with van der Waals surface area (Å²) in [5.41, 5.74) is -2.31. The van der Waals surface area contributed by atoms with Crippen molar-refractivity contribution in [1.82, 2.24) is 0 Å². The van der Waals surface area contributed by atoms with Gasteiger partial charge in [0.05, 0.1) is 29.3 Å². The average Bonchev–Trinajstić information content (AvgIpc) is 2.58. The van der Waals surface area contributed by atoms with E-state index < -0.39 is 63.3 Å². The summed E-state index contributed by atoms with van der Waals surface area (Å²) in [5.74, 6) is -10.0. The highest BCUT2D eigenvalue weighted by Crippen LogP contribution is 2.32. The van der Waals surface area contributed by atoms with Crippen LogP contribution in [0.2, 0.25) is 0 Å². The zero-order valence-corrected chi connectivity index (χ0v) is 14.7. The quantitative estimate of drug-likeness (QED) is 0.139. The van der Waals surface area contributed by atoms with Crippen molar-refractivity contribution in [1.29, 1.82) is 0 Å². The lowest BCUT2D eigenvalue weighted by atomic mass is 10.1. The molecular formula is C15H14BrF4NO4. The Hall–Kier alpha value is -1.94. The van der Waals surface area contributed by atoms with E-state index >= 15 is 0 Å². The summed E-state index contributed by atoms with van der Waals surface area (Å²) >= 11 is 2.34. The predicted octanol–water partition coefficient (Wildman–Crippen LogP) is 3.29. The number of hydrogen-bond acceptors (Lipinski definition) is 5. The number of ether oxygens (including phenoxy) is 1. The van der Waals surface area contributed by atoms with Gasteiger partial charge < -0.3 is 14.9 Å². The molecule has 2 N–H and O–H groups in total. The van der Waals surface area contributed by atoms with Crippen LogP contribution in [-0.4, -0.2) is 41.7 Å². The van der Waals surface area contributed by atoms with Crippen LogP contribution in [0.5, 0.6) is 0 Å². The topological polar surface area (TPSA) is 79.1 Å². The first-order chi connectivity index (χ1) is 11.7. The molecule has 0 bridgehead atoms. The number of aliphatic hydroxyl groups is 2. The van der Waals surface area contributed by atoms with Crippen LogP contribution in [-0.2, 0) is 9.53 Å².